The van der Waals surface area contributed by atoms with E-state index in [1.807, 2.05) is 0 Å². The lowest BCUT2D eigenvalue weighted by atomic mass is 9.96. The summed E-state index contributed by atoms with van der Waals surface area (Å²) >= 11 is 0. The third-order valence-electron chi connectivity index (χ3n) is 4.03. The van der Waals surface area contributed by atoms with E-state index in [1.54, 1.807) is 0 Å². The van der Waals surface area contributed by atoms with Gasteiger partial charge in [0.25, 0.3) is 5.91 Å². The van der Waals surface area contributed by atoms with Crippen LogP contribution in [0.4, 0.5) is 4.79 Å². The summed E-state index contributed by atoms with van der Waals surface area (Å²) < 4.78 is 10.2. The molecule has 2 fully saturated rings. The quantitative estimate of drug-likeness (QED) is 0.762. The first-order valence-electron chi connectivity index (χ1n) is 7.99. The first kappa shape index (κ1) is 16.7. The number of nitrogens with one attached hydrogen (secondary N) is 2. The van der Waals surface area contributed by atoms with Gasteiger partial charge in [-0.3, -0.25) is 10.1 Å². The summed E-state index contributed by atoms with van der Waals surface area (Å²) in [6, 6.07) is -0.414. The van der Waals surface area contributed by atoms with Gasteiger partial charge in [0.15, 0.2) is 12.2 Å². The number of amides is 3. The minimum atomic E-state index is -1.02. The van der Waals surface area contributed by atoms with Crippen molar-refractivity contribution in [1.29, 1.82) is 0 Å². The maximum absolute atomic E-state index is 11.9. The summed E-state index contributed by atoms with van der Waals surface area (Å²) in [4.78, 5) is 35.4. The van der Waals surface area contributed by atoms with Crippen molar-refractivity contribution in [3.63, 3.8) is 0 Å². The van der Waals surface area contributed by atoms with E-state index in [9.17, 15) is 14.4 Å². The largest absolute Gasteiger partial charge is 0.451 e. The summed E-state index contributed by atoms with van der Waals surface area (Å²) in [7, 11) is 0. The highest BCUT2D eigenvalue weighted by atomic mass is 16.6. The third-order valence-corrected chi connectivity index (χ3v) is 4.03. The van der Waals surface area contributed by atoms with Gasteiger partial charge < -0.3 is 14.8 Å². The van der Waals surface area contributed by atoms with E-state index < -0.39 is 30.1 Å². The second-order valence-electron chi connectivity index (χ2n) is 5.88. The number of rotatable bonds is 4. The zero-order valence-corrected chi connectivity index (χ0v) is 12.9. The van der Waals surface area contributed by atoms with E-state index in [0.29, 0.717) is 13.0 Å². The molecule has 7 heteroatoms. The van der Waals surface area contributed by atoms with Crippen LogP contribution in [-0.2, 0) is 19.1 Å². The van der Waals surface area contributed by atoms with Crippen molar-refractivity contribution in [2.75, 3.05) is 6.61 Å². The predicted molar refractivity (Wildman–Crippen MR) is 78.1 cm³/mol. The molecule has 2 rings (SSSR count). The van der Waals surface area contributed by atoms with Gasteiger partial charge in [0, 0.05) is 12.6 Å². The van der Waals surface area contributed by atoms with Crippen molar-refractivity contribution in [1.82, 2.24) is 10.6 Å². The second-order valence-corrected chi connectivity index (χ2v) is 5.88. The van der Waals surface area contributed by atoms with Gasteiger partial charge in [-0.05, 0) is 32.6 Å². The van der Waals surface area contributed by atoms with E-state index in [-0.39, 0.29) is 6.04 Å². The zero-order valence-electron chi connectivity index (χ0n) is 12.9. The van der Waals surface area contributed by atoms with Crippen LogP contribution in [0, 0.1) is 0 Å². The summed E-state index contributed by atoms with van der Waals surface area (Å²) in [5.41, 5.74) is 0. The molecular weight excluding hydrogens is 288 g/mol. The predicted octanol–water partition coefficient (Wildman–Crippen LogP) is 1.26. The highest BCUT2D eigenvalue weighted by Gasteiger charge is 2.29. The molecule has 1 heterocycles. The molecule has 0 radical (unpaired) electrons. The van der Waals surface area contributed by atoms with Crippen LogP contribution < -0.4 is 10.6 Å². The van der Waals surface area contributed by atoms with Crippen molar-refractivity contribution in [2.45, 2.75) is 70.1 Å². The Morgan fingerprint density at radius 1 is 1.09 bits per heavy atom. The average Bonchev–Trinajstić information content (AvgIpc) is 3.02. The molecule has 0 unspecified atom stereocenters. The Balaban J connectivity index is 1.70. The monoisotopic (exact) mass is 312 g/mol. The molecule has 0 aromatic heterocycles. The van der Waals surface area contributed by atoms with Crippen LogP contribution in [-0.4, -0.2) is 42.8 Å². The topological polar surface area (TPSA) is 93.7 Å². The molecule has 2 aliphatic rings. The molecule has 0 bridgehead atoms. The van der Waals surface area contributed by atoms with E-state index in [2.05, 4.69) is 10.6 Å². The lowest BCUT2D eigenvalue weighted by Gasteiger charge is -2.23. The maximum atomic E-state index is 11.9. The Labute approximate surface area is 130 Å². The van der Waals surface area contributed by atoms with Gasteiger partial charge in [-0.2, -0.15) is 0 Å². The number of hydrogen-bond donors (Lipinski definition) is 2. The molecule has 1 saturated carbocycles. The van der Waals surface area contributed by atoms with Crippen LogP contribution in [0.2, 0.25) is 0 Å². The molecule has 2 N–H and O–H groups in total. The van der Waals surface area contributed by atoms with E-state index in [0.717, 1.165) is 32.1 Å². The summed E-state index contributed by atoms with van der Waals surface area (Å²) in [5.74, 6) is -1.17. The summed E-state index contributed by atoms with van der Waals surface area (Å²) in [6.07, 6.45) is 5.05. The first-order valence-corrected chi connectivity index (χ1v) is 7.99. The van der Waals surface area contributed by atoms with E-state index >= 15 is 0 Å². The number of hydrogen-bond acceptors (Lipinski definition) is 5. The lowest BCUT2D eigenvalue weighted by Crippen LogP contribution is -2.48. The molecule has 2 atom stereocenters. The normalized spacial score (nSPS) is 23.6. The molecule has 1 saturated heterocycles. The fraction of sp³-hybridized carbons (Fsp3) is 0.800. The van der Waals surface area contributed by atoms with Crippen molar-refractivity contribution >= 4 is 17.9 Å². The van der Waals surface area contributed by atoms with Crippen molar-refractivity contribution in [3.8, 4) is 0 Å². The Hall–Kier alpha value is -1.63. The SMILES string of the molecule is C[C@H](OC(=O)[C@@H]1CCCO1)C(=O)NC(=O)NC1CCCCC1. The van der Waals surface area contributed by atoms with Crippen LogP contribution in [0.15, 0.2) is 0 Å². The number of ether oxygens (including phenoxy) is 2. The van der Waals surface area contributed by atoms with Crippen LogP contribution in [0.25, 0.3) is 0 Å². The van der Waals surface area contributed by atoms with Crippen molar-refractivity contribution in [2.24, 2.45) is 0 Å². The lowest BCUT2D eigenvalue weighted by molar-refractivity contribution is -0.163. The Bertz CT molecular complexity index is 414. The maximum Gasteiger partial charge on any atom is 0.336 e. The third kappa shape index (κ3) is 4.98. The van der Waals surface area contributed by atoms with Crippen LogP contribution in [0.3, 0.4) is 0 Å². The minimum Gasteiger partial charge on any atom is -0.451 e. The number of urea groups is 1. The van der Waals surface area contributed by atoms with Gasteiger partial charge >= 0.3 is 12.0 Å². The van der Waals surface area contributed by atoms with E-state index in [4.69, 9.17) is 9.47 Å². The molecule has 0 spiro atoms. The number of carbonyl (C=O) groups is 3. The van der Waals surface area contributed by atoms with Gasteiger partial charge in [-0.1, -0.05) is 19.3 Å². The fourth-order valence-corrected chi connectivity index (χ4v) is 2.75. The molecule has 124 valence electrons. The molecule has 7 nitrogen and oxygen atoms in total. The van der Waals surface area contributed by atoms with Crippen molar-refractivity contribution < 1.29 is 23.9 Å². The molecule has 1 aliphatic heterocycles. The van der Waals surface area contributed by atoms with Gasteiger partial charge in [-0.25, -0.2) is 9.59 Å². The Kier molecular flexibility index (Phi) is 6.18. The summed E-state index contributed by atoms with van der Waals surface area (Å²) in [6.45, 7) is 1.97. The average molecular weight is 312 g/mol. The Morgan fingerprint density at radius 3 is 2.45 bits per heavy atom. The highest BCUT2D eigenvalue weighted by molar-refractivity contribution is 5.97. The molecular formula is C15H24N2O5. The Morgan fingerprint density at radius 2 is 1.82 bits per heavy atom. The van der Waals surface area contributed by atoms with Crippen LogP contribution in [0.5, 0.6) is 0 Å². The number of esters is 1. The molecule has 3 amide bonds. The van der Waals surface area contributed by atoms with Gasteiger partial charge in [0.2, 0.25) is 0 Å². The van der Waals surface area contributed by atoms with Crippen molar-refractivity contribution in [3.05, 3.63) is 0 Å². The molecule has 22 heavy (non-hydrogen) atoms. The molecule has 0 aromatic carbocycles. The first-order chi connectivity index (χ1) is 10.6. The van der Waals surface area contributed by atoms with Crippen LogP contribution in [0.1, 0.15) is 51.9 Å². The van der Waals surface area contributed by atoms with Crippen LogP contribution >= 0.6 is 0 Å². The highest BCUT2D eigenvalue weighted by Crippen LogP contribution is 2.17. The zero-order chi connectivity index (χ0) is 15.9. The minimum absolute atomic E-state index is 0.117. The molecule has 1 aliphatic carbocycles. The van der Waals surface area contributed by atoms with E-state index in [1.165, 1.54) is 13.3 Å². The number of imide groups is 1. The molecule has 0 aromatic rings. The van der Waals surface area contributed by atoms with Gasteiger partial charge in [0.1, 0.15) is 0 Å². The summed E-state index contributed by atoms with van der Waals surface area (Å²) in [5, 5.41) is 4.99. The standard InChI is InChI=1S/C15H24N2O5/c1-10(22-14(19)12-8-5-9-21-12)13(18)17-15(20)16-11-6-3-2-4-7-11/h10-12H,2-9H2,1H3,(H2,16,17,18,20)/t10-,12-/m0/s1. The van der Waals surface area contributed by atoms with Gasteiger partial charge in [0.05, 0.1) is 0 Å². The second kappa shape index (κ2) is 8.12. The van der Waals surface area contributed by atoms with Gasteiger partial charge in [-0.15, -0.1) is 0 Å². The fourth-order valence-electron chi connectivity index (χ4n) is 2.75. The smallest absolute Gasteiger partial charge is 0.336 e. The number of carbonyl (C=O) groups excluding carboxylic acids is 3.